The van der Waals surface area contributed by atoms with Crippen LogP contribution in [0, 0.1) is 11.3 Å². The third kappa shape index (κ3) is 6.39. The van der Waals surface area contributed by atoms with Gasteiger partial charge in [-0.1, -0.05) is 67.8 Å². The largest absolute Gasteiger partial charge is 0.378 e. The third-order valence-electron chi connectivity index (χ3n) is 8.29. The summed E-state index contributed by atoms with van der Waals surface area (Å²) >= 11 is 0. The van der Waals surface area contributed by atoms with Crippen LogP contribution in [0.4, 0.5) is 0 Å². The average Bonchev–Trinajstić information content (AvgIpc) is 2.90. The molecular formula is C30H39N5O2. The van der Waals surface area contributed by atoms with Crippen molar-refractivity contribution in [2.75, 3.05) is 39.4 Å². The number of nitrogens with two attached hydrogens (primary N) is 1. The lowest BCUT2D eigenvalue weighted by Crippen LogP contribution is -2.57. The number of ether oxygens (including phenoxy) is 1. The van der Waals surface area contributed by atoms with Gasteiger partial charge in [0.2, 0.25) is 5.91 Å². The summed E-state index contributed by atoms with van der Waals surface area (Å²) in [4.78, 5) is 17.8. The molecule has 2 aromatic carbocycles. The number of hydrogen-bond donors (Lipinski definition) is 2. The number of carbonyl (C=O) groups is 1. The van der Waals surface area contributed by atoms with Gasteiger partial charge in [-0.15, -0.1) is 0 Å². The lowest BCUT2D eigenvalue weighted by Gasteiger charge is -2.42. The quantitative estimate of drug-likeness (QED) is 0.577. The summed E-state index contributed by atoms with van der Waals surface area (Å²) in [6.45, 7) is 7.25. The Labute approximate surface area is 220 Å². The number of rotatable bonds is 8. The normalized spacial score (nSPS) is 21.5. The molecule has 3 fully saturated rings. The molecule has 1 atom stereocenters. The van der Waals surface area contributed by atoms with E-state index in [9.17, 15) is 10.1 Å². The number of nitrogens with one attached hydrogen (secondary N) is 1. The van der Waals surface area contributed by atoms with Crippen molar-refractivity contribution in [2.24, 2.45) is 5.73 Å². The van der Waals surface area contributed by atoms with Gasteiger partial charge in [-0.2, -0.15) is 5.26 Å². The minimum absolute atomic E-state index is 0.190. The fraction of sp³-hybridized carbons (Fsp3) is 0.533. The Morgan fingerprint density at radius 2 is 1.57 bits per heavy atom. The molecule has 0 spiro atoms. The molecule has 1 saturated carbocycles. The van der Waals surface area contributed by atoms with E-state index in [2.05, 4.69) is 57.6 Å². The van der Waals surface area contributed by atoms with E-state index in [1.165, 1.54) is 11.1 Å². The first-order chi connectivity index (χ1) is 18.0. The van der Waals surface area contributed by atoms with E-state index in [-0.39, 0.29) is 5.91 Å². The summed E-state index contributed by atoms with van der Waals surface area (Å²) in [5.41, 5.74) is 10.2. The second-order valence-electron chi connectivity index (χ2n) is 11.0. The molecule has 0 aromatic heterocycles. The third-order valence-corrected chi connectivity index (χ3v) is 8.29. The fourth-order valence-corrected chi connectivity index (χ4v) is 5.69. The molecule has 2 saturated heterocycles. The van der Waals surface area contributed by atoms with Crippen LogP contribution in [0.2, 0.25) is 0 Å². The van der Waals surface area contributed by atoms with Gasteiger partial charge >= 0.3 is 0 Å². The number of benzene rings is 2. The van der Waals surface area contributed by atoms with Crippen LogP contribution in [-0.4, -0.2) is 72.7 Å². The molecule has 0 bridgehead atoms. The lowest BCUT2D eigenvalue weighted by molar-refractivity contribution is -0.127. The molecule has 7 heteroatoms. The van der Waals surface area contributed by atoms with Gasteiger partial charge < -0.3 is 15.8 Å². The van der Waals surface area contributed by atoms with Crippen molar-refractivity contribution < 1.29 is 9.53 Å². The first kappa shape index (κ1) is 25.9. The highest BCUT2D eigenvalue weighted by molar-refractivity contribution is 5.86. The highest BCUT2D eigenvalue weighted by Crippen LogP contribution is 2.26. The highest BCUT2D eigenvalue weighted by Gasteiger charge is 2.36. The SMILES string of the molecule is N#CC(Cc1ccc(-c2ccc(CN3CCN(C4COC4)CC3)cc2)cc1)NC(=O)C1(N)CCCCC1. The summed E-state index contributed by atoms with van der Waals surface area (Å²) in [6, 6.07) is 19.4. The Kier molecular flexibility index (Phi) is 8.21. The van der Waals surface area contributed by atoms with Crippen molar-refractivity contribution in [2.45, 2.75) is 62.7 Å². The topological polar surface area (TPSA) is 94.6 Å². The maximum atomic E-state index is 12.7. The van der Waals surface area contributed by atoms with Gasteiger partial charge in [0.1, 0.15) is 6.04 Å². The molecule has 7 nitrogen and oxygen atoms in total. The molecule has 37 heavy (non-hydrogen) atoms. The molecule has 1 amide bonds. The van der Waals surface area contributed by atoms with Crippen molar-refractivity contribution in [1.82, 2.24) is 15.1 Å². The van der Waals surface area contributed by atoms with Gasteiger partial charge in [-0.3, -0.25) is 14.6 Å². The molecule has 1 unspecified atom stereocenters. The second kappa shape index (κ2) is 11.7. The van der Waals surface area contributed by atoms with Gasteiger partial charge in [-0.25, -0.2) is 0 Å². The second-order valence-corrected chi connectivity index (χ2v) is 11.0. The lowest BCUT2D eigenvalue weighted by atomic mass is 9.81. The summed E-state index contributed by atoms with van der Waals surface area (Å²) in [6.07, 6.45) is 4.92. The minimum atomic E-state index is -0.830. The van der Waals surface area contributed by atoms with Gasteiger partial charge in [0.25, 0.3) is 0 Å². The zero-order valence-electron chi connectivity index (χ0n) is 21.7. The Hall–Kier alpha value is -2.76. The Morgan fingerprint density at radius 1 is 0.973 bits per heavy atom. The van der Waals surface area contributed by atoms with Gasteiger partial charge in [0, 0.05) is 39.1 Å². The van der Waals surface area contributed by atoms with E-state index < -0.39 is 11.6 Å². The first-order valence-electron chi connectivity index (χ1n) is 13.7. The predicted octanol–water partition coefficient (Wildman–Crippen LogP) is 3.08. The number of nitrogens with zero attached hydrogens (tertiary/aromatic N) is 3. The Morgan fingerprint density at radius 3 is 2.11 bits per heavy atom. The molecule has 3 aliphatic rings. The smallest absolute Gasteiger partial charge is 0.241 e. The van der Waals surface area contributed by atoms with E-state index in [0.717, 1.165) is 76.3 Å². The first-order valence-corrected chi connectivity index (χ1v) is 13.7. The molecule has 5 rings (SSSR count). The molecule has 1 aliphatic carbocycles. The summed E-state index contributed by atoms with van der Waals surface area (Å²) < 4.78 is 5.34. The number of nitriles is 1. The van der Waals surface area contributed by atoms with Crippen molar-refractivity contribution in [3.8, 4) is 17.2 Å². The molecule has 196 valence electrons. The van der Waals surface area contributed by atoms with Crippen molar-refractivity contribution in [3.05, 3.63) is 59.7 Å². The predicted molar refractivity (Wildman–Crippen MR) is 145 cm³/mol. The van der Waals surface area contributed by atoms with Crippen molar-refractivity contribution in [1.29, 1.82) is 5.26 Å². The summed E-state index contributed by atoms with van der Waals surface area (Å²) in [5, 5.41) is 12.5. The van der Waals surface area contributed by atoms with Gasteiger partial charge in [0.05, 0.1) is 30.9 Å². The number of amides is 1. The fourth-order valence-electron chi connectivity index (χ4n) is 5.69. The van der Waals surface area contributed by atoms with E-state index >= 15 is 0 Å². The number of hydrogen-bond acceptors (Lipinski definition) is 6. The molecular weight excluding hydrogens is 462 g/mol. The molecule has 2 aliphatic heterocycles. The Bertz CT molecular complexity index is 1080. The molecule has 2 heterocycles. The van der Waals surface area contributed by atoms with Crippen LogP contribution in [0.25, 0.3) is 11.1 Å². The maximum Gasteiger partial charge on any atom is 0.241 e. The van der Waals surface area contributed by atoms with E-state index in [0.29, 0.717) is 25.3 Å². The molecule has 0 radical (unpaired) electrons. The number of carbonyl (C=O) groups excluding carboxylic acids is 1. The van der Waals surface area contributed by atoms with Gasteiger partial charge in [-0.05, 0) is 35.1 Å². The molecule has 2 aromatic rings. The zero-order chi connectivity index (χ0) is 25.7. The van der Waals surface area contributed by atoms with Crippen molar-refractivity contribution in [3.63, 3.8) is 0 Å². The maximum absolute atomic E-state index is 12.7. The van der Waals surface area contributed by atoms with Crippen LogP contribution in [0.5, 0.6) is 0 Å². The van der Waals surface area contributed by atoms with Crippen LogP contribution in [0.1, 0.15) is 43.2 Å². The minimum Gasteiger partial charge on any atom is -0.378 e. The van der Waals surface area contributed by atoms with E-state index in [1.807, 2.05) is 12.1 Å². The van der Waals surface area contributed by atoms with Crippen LogP contribution >= 0.6 is 0 Å². The average molecular weight is 502 g/mol. The Balaban J connectivity index is 1.12. The monoisotopic (exact) mass is 501 g/mol. The van der Waals surface area contributed by atoms with Crippen LogP contribution < -0.4 is 11.1 Å². The standard InChI is InChI=1S/C30H39N5O2/c31-19-27(33-29(36)30(32)12-2-1-3-13-30)18-23-4-8-25(9-5-23)26-10-6-24(7-11-26)20-34-14-16-35(17-15-34)28-21-37-22-28/h4-11,27-28H,1-3,12-18,20-22,32H2,(H,33,36). The van der Waals surface area contributed by atoms with Crippen molar-refractivity contribution >= 4 is 5.91 Å². The number of piperazine rings is 1. The van der Waals surface area contributed by atoms with Gasteiger partial charge in [0.15, 0.2) is 0 Å². The molecule has 3 N–H and O–H groups in total. The zero-order valence-corrected chi connectivity index (χ0v) is 21.7. The highest BCUT2D eigenvalue weighted by atomic mass is 16.5. The summed E-state index contributed by atoms with van der Waals surface area (Å²) in [7, 11) is 0. The van der Waals surface area contributed by atoms with Crippen LogP contribution in [-0.2, 0) is 22.5 Å². The summed E-state index contributed by atoms with van der Waals surface area (Å²) in [5.74, 6) is -0.190. The van der Waals surface area contributed by atoms with Crippen LogP contribution in [0.15, 0.2) is 48.5 Å². The van der Waals surface area contributed by atoms with E-state index in [1.54, 1.807) is 0 Å². The van der Waals surface area contributed by atoms with E-state index in [4.69, 9.17) is 10.5 Å². The van der Waals surface area contributed by atoms with Crippen LogP contribution in [0.3, 0.4) is 0 Å².